The van der Waals surface area contributed by atoms with Gasteiger partial charge in [-0.25, -0.2) is 0 Å². The van der Waals surface area contributed by atoms with Crippen LogP contribution in [0.5, 0.6) is 0 Å². The Bertz CT molecular complexity index is 751. The molecule has 1 aliphatic heterocycles. The zero-order valence-corrected chi connectivity index (χ0v) is 20.9. The molecule has 10 atom stereocenters. The molecule has 0 bridgehead atoms. The van der Waals surface area contributed by atoms with Crippen LogP contribution in [0.25, 0.3) is 0 Å². The number of fused-ring (bicyclic) bond motifs is 1. The lowest BCUT2D eigenvalue weighted by Gasteiger charge is -2.61. The SMILES string of the molecule is CC1=CCCC2C(C)(CCC(=CCO)CO)C(C)CC(OC3OC(CO)C(O)C(O)C3O)C12C. The van der Waals surface area contributed by atoms with Gasteiger partial charge in [0.2, 0.25) is 0 Å². The largest absolute Gasteiger partial charge is 0.394 e. The molecule has 0 spiro atoms. The Kier molecular flexibility index (Phi) is 9.02. The number of hydrogen-bond donors (Lipinski definition) is 6. The second kappa shape index (κ2) is 11.0. The Balaban J connectivity index is 1.88. The second-order valence-electron chi connectivity index (χ2n) is 11.0. The van der Waals surface area contributed by atoms with Crippen molar-refractivity contribution in [1.29, 1.82) is 0 Å². The van der Waals surface area contributed by atoms with Crippen molar-refractivity contribution in [3.8, 4) is 0 Å². The van der Waals surface area contributed by atoms with Gasteiger partial charge >= 0.3 is 0 Å². The number of rotatable bonds is 8. The molecule has 6 N–H and O–H groups in total. The molecule has 196 valence electrons. The highest BCUT2D eigenvalue weighted by Crippen LogP contribution is 2.63. The first-order valence-electron chi connectivity index (χ1n) is 12.6. The number of aliphatic hydroxyl groups is 6. The summed E-state index contributed by atoms with van der Waals surface area (Å²) in [6, 6.07) is 0. The lowest BCUT2D eigenvalue weighted by Crippen LogP contribution is -2.62. The standard InChI is InChI=1S/C26H44O8/c1-15-6-5-7-19-25(3,10-8-17(13-28)9-11-27)16(2)12-20(26(15,19)4)34-24-23(32)22(31)21(30)18(14-29)33-24/h6,9,16,18-24,27-32H,5,7-8,10-14H2,1-4H3. The van der Waals surface area contributed by atoms with Crippen molar-refractivity contribution in [3.05, 3.63) is 23.3 Å². The third-order valence-electron chi connectivity index (χ3n) is 9.35. The third-order valence-corrected chi connectivity index (χ3v) is 9.35. The van der Waals surface area contributed by atoms with E-state index in [1.807, 2.05) is 0 Å². The van der Waals surface area contributed by atoms with Crippen LogP contribution in [0.2, 0.25) is 0 Å². The smallest absolute Gasteiger partial charge is 0.187 e. The Morgan fingerprint density at radius 2 is 1.85 bits per heavy atom. The van der Waals surface area contributed by atoms with Crippen LogP contribution in [0.3, 0.4) is 0 Å². The highest BCUT2D eigenvalue weighted by molar-refractivity contribution is 5.24. The van der Waals surface area contributed by atoms with Crippen LogP contribution in [0, 0.1) is 22.7 Å². The number of ether oxygens (including phenoxy) is 2. The van der Waals surface area contributed by atoms with Gasteiger partial charge in [-0.2, -0.15) is 0 Å². The number of aliphatic hydroxyl groups excluding tert-OH is 6. The minimum atomic E-state index is -1.47. The predicted molar refractivity (Wildman–Crippen MR) is 127 cm³/mol. The lowest BCUT2D eigenvalue weighted by atomic mass is 9.46. The Labute approximate surface area is 202 Å². The molecule has 8 nitrogen and oxygen atoms in total. The van der Waals surface area contributed by atoms with Gasteiger partial charge in [0.15, 0.2) is 6.29 Å². The van der Waals surface area contributed by atoms with Gasteiger partial charge in [-0.05, 0) is 61.9 Å². The summed E-state index contributed by atoms with van der Waals surface area (Å²) >= 11 is 0. The van der Waals surface area contributed by atoms with E-state index in [1.54, 1.807) is 6.08 Å². The van der Waals surface area contributed by atoms with Crippen molar-refractivity contribution in [2.75, 3.05) is 19.8 Å². The molecule has 3 aliphatic rings. The van der Waals surface area contributed by atoms with Crippen LogP contribution >= 0.6 is 0 Å². The maximum atomic E-state index is 10.6. The Morgan fingerprint density at radius 3 is 2.47 bits per heavy atom. The average Bonchev–Trinajstić information content (AvgIpc) is 2.82. The van der Waals surface area contributed by atoms with Crippen LogP contribution in [-0.2, 0) is 9.47 Å². The van der Waals surface area contributed by atoms with Gasteiger partial charge in [-0.3, -0.25) is 0 Å². The van der Waals surface area contributed by atoms with Gasteiger partial charge in [-0.1, -0.05) is 38.5 Å². The Morgan fingerprint density at radius 1 is 1.15 bits per heavy atom. The topological polar surface area (TPSA) is 140 Å². The maximum Gasteiger partial charge on any atom is 0.187 e. The molecule has 1 heterocycles. The van der Waals surface area contributed by atoms with Crippen molar-refractivity contribution < 1.29 is 40.1 Å². The predicted octanol–water partition coefficient (Wildman–Crippen LogP) is 1.27. The first-order chi connectivity index (χ1) is 16.0. The fraction of sp³-hybridized carbons (Fsp3) is 0.846. The van der Waals surface area contributed by atoms with E-state index >= 15 is 0 Å². The van der Waals surface area contributed by atoms with Crippen LogP contribution in [-0.4, -0.2) is 87.3 Å². The monoisotopic (exact) mass is 484 g/mol. The highest BCUT2D eigenvalue weighted by Gasteiger charge is 2.59. The zero-order valence-electron chi connectivity index (χ0n) is 20.9. The van der Waals surface area contributed by atoms with E-state index in [0.29, 0.717) is 12.8 Å². The molecule has 8 heteroatoms. The average molecular weight is 485 g/mol. The van der Waals surface area contributed by atoms with Gasteiger partial charge in [-0.15, -0.1) is 0 Å². The Hall–Kier alpha value is -0.840. The van der Waals surface area contributed by atoms with E-state index in [4.69, 9.17) is 9.47 Å². The van der Waals surface area contributed by atoms with Gasteiger partial charge in [0.1, 0.15) is 24.4 Å². The molecular weight excluding hydrogens is 440 g/mol. The molecule has 2 aliphatic carbocycles. The van der Waals surface area contributed by atoms with E-state index in [1.165, 1.54) is 5.57 Å². The molecule has 1 saturated heterocycles. The zero-order chi connectivity index (χ0) is 25.3. The molecule has 0 aromatic rings. The van der Waals surface area contributed by atoms with Crippen molar-refractivity contribution in [1.82, 2.24) is 0 Å². The third kappa shape index (κ3) is 4.89. The van der Waals surface area contributed by atoms with Gasteiger partial charge in [0, 0.05) is 5.41 Å². The van der Waals surface area contributed by atoms with Gasteiger partial charge in [0.25, 0.3) is 0 Å². The molecular formula is C26H44O8. The molecule has 2 fully saturated rings. The van der Waals surface area contributed by atoms with E-state index in [0.717, 1.165) is 24.8 Å². The van der Waals surface area contributed by atoms with E-state index in [-0.39, 0.29) is 42.0 Å². The number of hydrogen-bond acceptors (Lipinski definition) is 8. The molecule has 0 amide bonds. The van der Waals surface area contributed by atoms with Crippen molar-refractivity contribution in [3.63, 3.8) is 0 Å². The fourth-order valence-electron chi connectivity index (χ4n) is 6.70. The fourth-order valence-corrected chi connectivity index (χ4v) is 6.70. The summed E-state index contributed by atoms with van der Waals surface area (Å²) in [7, 11) is 0. The minimum Gasteiger partial charge on any atom is -0.394 e. The normalized spacial score (nSPS) is 45.6. The van der Waals surface area contributed by atoms with Crippen molar-refractivity contribution in [2.24, 2.45) is 22.7 Å². The van der Waals surface area contributed by atoms with Crippen LogP contribution in [0.4, 0.5) is 0 Å². The van der Waals surface area contributed by atoms with E-state index < -0.39 is 37.3 Å². The van der Waals surface area contributed by atoms with Crippen LogP contribution in [0.1, 0.15) is 59.8 Å². The molecule has 0 aromatic carbocycles. The molecule has 3 rings (SSSR count). The van der Waals surface area contributed by atoms with Crippen LogP contribution in [0.15, 0.2) is 23.3 Å². The molecule has 1 saturated carbocycles. The first-order valence-corrected chi connectivity index (χ1v) is 12.6. The molecule has 34 heavy (non-hydrogen) atoms. The summed E-state index contributed by atoms with van der Waals surface area (Å²) in [6.07, 6.45) is 1.44. The summed E-state index contributed by atoms with van der Waals surface area (Å²) in [5.74, 6) is 0.540. The van der Waals surface area contributed by atoms with Gasteiger partial charge < -0.3 is 40.1 Å². The first kappa shape index (κ1) is 27.7. The summed E-state index contributed by atoms with van der Waals surface area (Å²) < 4.78 is 12.1. The minimum absolute atomic E-state index is 0.0385. The highest BCUT2D eigenvalue weighted by atomic mass is 16.7. The summed E-state index contributed by atoms with van der Waals surface area (Å²) in [6.45, 7) is 8.23. The lowest BCUT2D eigenvalue weighted by molar-refractivity contribution is -0.327. The number of allylic oxidation sites excluding steroid dienone is 1. The summed E-state index contributed by atoms with van der Waals surface area (Å²) in [4.78, 5) is 0. The van der Waals surface area contributed by atoms with Crippen LogP contribution < -0.4 is 0 Å². The van der Waals surface area contributed by atoms with E-state index in [2.05, 4.69) is 33.8 Å². The second-order valence-corrected chi connectivity index (χ2v) is 11.0. The molecule has 10 unspecified atom stereocenters. The summed E-state index contributed by atoms with van der Waals surface area (Å²) in [5, 5.41) is 59.5. The van der Waals surface area contributed by atoms with E-state index in [9.17, 15) is 30.6 Å². The summed E-state index contributed by atoms with van der Waals surface area (Å²) in [5.41, 5.74) is 1.70. The molecule has 0 radical (unpaired) electrons. The molecule has 0 aromatic heterocycles. The quantitative estimate of drug-likeness (QED) is 0.283. The van der Waals surface area contributed by atoms with Crippen molar-refractivity contribution >= 4 is 0 Å². The maximum absolute atomic E-state index is 10.6. The van der Waals surface area contributed by atoms with Gasteiger partial charge in [0.05, 0.1) is 25.9 Å². The van der Waals surface area contributed by atoms with Crippen molar-refractivity contribution in [2.45, 2.75) is 96.6 Å².